The number of amides is 1. The Hall–Kier alpha value is -1.97. The minimum absolute atomic E-state index is 0.111. The molecule has 1 atom stereocenters. The van der Waals surface area contributed by atoms with E-state index in [1.165, 1.54) is 25.0 Å². The van der Waals surface area contributed by atoms with Gasteiger partial charge in [0.15, 0.2) is 0 Å². The molecule has 0 aliphatic rings. The lowest BCUT2D eigenvalue weighted by Gasteiger charge is -2.15. The summed E-state index contributed by atoms with van der Waals surface area (Å²) < 4.78 is 13.2. The van der Waals surface area contributed by atoms with Crippen LogP contribution in [0.3, 0.4) is 0 Å². The van der Waals surface area contributed by atoms with Gasteiger partial charge in [-0.1, -0.05) is 26.2 Å². The number of carbonyl (C=O) groups excluding carboxylic acids is 1. The highest BCUT2D eigenvalue weighted by molar-refractivity contribution is 5.98. The molecule has 0 aliphatic heterocycles. The summed E-state index contributed by atoms with van der Waals surface area (Å²) in [4.78, 5) is 16.7. The van der Waals surface area contributed by atoms with Gasteiger partial charge in [0.1, 0.15) is 5.82 Å². The van der Waals surface area contributed by atoms with Crippen LogP contribution in [0.1, 0.15) is 55.6 Å². The Bertz CT molecular complexity index is 669. The predicted octanol–water partition coefficient (Wildman–Crippen LogP) is 4.38. The monoisotopic (exact) mass is 302 g/mol. The maximum atomic E-state index is 13.2. The third kappa shape index (κ3) is 4.03. The van der Waals surface area contributed by atoms with Crippen molar-refractivity contribution in [1.29, 1.82) is 0 Å². The quantitative estimate of drug-likeness (QED) is 0.805. The van der Waals surface area contributed by atoms with Gasteiger partial charge in [0.2, 0.25) is 0 Å². The van der Waals surface area contributed by atoms with E-state index in [1.54, 1.807) is 19.1 Å². The Morgan fingerprint density at radius 3 is 2.82 bits per heavy atom. The predicted molar refractivity (Wildman–Crippen MR) is 87.5 cm³/mol. The maximum absolute atomic E-state index is 13.2. The lowest BCUT2D eigenvalue weighted by molar-refractivity contribution is 0.0937. The molecule has 0 spiro atoms. The third-order valence-electron chi connectivity index (χ3n) is 3.83. The smallest absolute Gasteiger partial charge is 0.253 e. The number of halogens is 1. The molecule has 1 unspecified atom stereocenters. The Kier molecular flexibility index (Phi) is 5.47. The number of benzene rings is 1. The van der Waals surface area contributed by atoms with Gasteiger partial charge in [-0.3, -0.25) is 9.78 Å². The molecule has 1 N–H and O–H groups in total. The standard InChI is InChI=1S/C18H23FN2O/c1-4-5-6-7-12(2)20-18(22)16-10-14-8-9-15(19)11-17(14)21-13(16)3/h8-12H,4-7H2,1-3H3,(H,20,22). The maximum Gasteiger partial charge on any atom is 0.253 e. The minimum atomic E-state index is -0.318. The average Bonchev–Trinajstić information content (AvgIpc) is 2.46. The molecule has 3 nitrogen and oxygen atoms in total. The van der Waals surface area contributed by atoms with Gasteiger partial charge in [0, 0.05) is 17.5 Å². The molecule has 1 heterocycles. The van der Waals surface area contributed by atoms with Crippen LogP contribution in [0.15, 0.2) is 24.3 Å². The molecule has 2 rings (SSSR count). The first-order valence-corrected chi connectivity index (χ1v) is 7.89. The van der Waals surface area contributed by atoms with Crippen molar-refractivity contribution in [3.63, 3.8) is 0 Å². The second-order valence-electron chi connectivity index (χ2n) is 5.83. The molecule has 0 saturated carbocycles. The molecule has 118 valence electrons. The van der Waals surface area contributed by atoms with Crippen LogP contribution in [0.4, 0.5) is 4.39 Å². The fraction of sp³-hybridized carbons (Fsp3) is 0.444. The summed E-state index contributed by atoms with van der Waals surface area (Å²) in [5, 5.41) is 3.79. The van der Waals surface area contributed by atoms with Crippen molar-refractivity contribution in [3.8, 4) is 0 Å². The van der Waals surface area contributed by atoms with Crippen molar-refractivity contribution >= 4 is 16.8 Å². The molecule has 4 heteroatoms. The van der Waals surface area contributed by atoms with E-state index < -0.39 is 0 Å². The number of fused-ring (bicyclic) bond motifs is 1. The van der Waals surface area contributed by atoms with Crippen LogP contribution in [0.2, 0.25) is 0 Å². The summed E-state index contributed by atoms with van der Waals surface area (Å²) in [6.07, 6.45) is 4.45. The summed E-state index contributed by atoms with van der Waals surface area (Å²) in [6, 6.07) is 6.35. The average molecular weight is 302 g/mol. The van der Waals surface area contributed by atoms with Crippen LogP contribution in [0.25, 0.3) is 10.9 Å². The van der Waals surface area contributed by atoms with E-state index in [4.69, 9.17) is 0 Å². The fourth-order valence-corrected chi connectivity index (χ4v) is 2.54. The molecule has 1 amide bonds. The number of hydrogen-bond acceptors (Lipinski definition) is 2. The zero-order valence-corrected chi connectivity index (χ0v) is 13.4. The Morgan fingerprint density at radius 2 is 2.09 bits per heavy atom. The van der Waals surface area contributed by atoms with Crippen molar-refractivity contribution in [2.24, 2.45) is 0 Å². The van der Waals surface area contributed by atoms with Crippen LogP contribution < -0.4 is 5.32 Å². The van der Waals surface area contributed by atoms with Crippen molar-refractivity contribution in [1.82, 2.24) is 10.3 Å². The van der Waals surface area contributed by atoms with Crippen LogP contribution >= 0.6 is 0 Å². The number of aromatic nitrogens is 1. The lowest BCUT2D eigenvalue weighted by Crippen LogP contribution is -2.33. The number of aryl methyl sites for hydroxylation is 1. The van der Waals surface area contributed by atoms with Crippen molar-refractivity contribution in [3.05, 3.63) is 41.3 Å². The van der Waals surface area contributed by atoms with Crippen LogP contribution in [0.5, 0.6) is 0 Å². The highest BCUT2D eigenvalue weighted by Gasteiger charge is 2.14. The van der Waals surface area contributed by atoms with Crippen molar-refractivity contribution in [2.75, 3.05) is 0 Å². The highest BCUT2D eigenvalue weighted by Crippen LogP contribution is 2.18. The van der Waals surface area contributed by atoms with E-state index in [-0.39, 0.29) is 17.8 Å². The van der Waals surface area contributed by atoms with E-state index in [0.717, 1.165) is 18.2 Å². The van der Waals surface area contributed by atoms with Gasteiger partial charge in [0.05, 0.1) is 16.8 Å². The molecule has 2 aromatic rings. The lowest BCUT2D eigenvalue weighted by atomic mass is 10.1. The van der Waals surface area contributed by atoms with E-state index in [0.29, 0.717) is 16.8 Å². The molecular weight excluding hydrogens is 279 g/mol. The number of carbonyl (C=O) groups is 1. The molecule has 22 heavy (non-hydrogen) atoms. The molecule has 0 aliphatic carbocycles. The zero-order chi connectivity index (χ0) is 16.1. The number of rotatable bonds is 6. The van der Waals surface area contributed by atoms with Gasteiger partial charge in [-0.05, 0) is 38.5 Å². The number of pyridine rings is 1. The minimum Gasteiger partial charge on any atom is -0.350 e. The summed E-state index contributed by atoms with van der Waals surface area (Å²) in [5.74, 6) is -0.429. The summed E-state index contributed by atoms with van der Waals surface area (Å²) in [6.45, 7) is 5.96. The summed E-state index contributed by atoms with van der Waals surface area (Å²) in [5.41, 5.74) is 1.75. The van der Waals surface area contributed by atoms with Gasteiger partial charge < -0.3 is 5.32 Å². The fourth-order valence-electron chi connectivity index (χ4n) is 2.54. The van der Waals surface area contributed by atoms with E-state index in [2.05, 4.69) is 17.2 Å². The number of nitrogens with zero attached hydrogens (tertiary/aromatic N) is 1. The van der Waals surface area contributed by atoms with Crippen LogP contribution in [-0.4, -0.2) is 16.9 Å². The van der Waals surface area contributed by atoms with Crippen molar-refractivity contribution in [2.45, 2.75) is 52.5 Å². The molecule has 1 aromatic heterocycles. The van der Waals surface area contributed by atoms with Crippen molar-refractivity contribution < 1.29 is 9.18 Å². The van der Waals surface area contributed by atoms with E-state index >= 15 is 0 Å². The molecule has 0 radical (unpaired) electrons. The largest absolute Gasteiger partial charge is 0.350 e. The molecule has 1 aromatic carbocycles. The number of nitrogens with one attached hydrogen (secondary N) is 1. The molecule has 0 bridgehead atoms. The van der Waals surface area contributed by atoms with Crippen LogP contribution in [-0.2, 0) is 0 Å². The first kappa shape index (κ1) is 16.4. The Labute approximate surface area is 130 Å². The number of unbranched alkanes of at least 4 members (excludes halogenated alkanes) is 2. The second kappa shape index (κ2) is 7.34. The molecule has 0 saturated heterocycles. The van der Waals surface area contributed by atoms with Crippen LogP contribution in [0, 0.1) is 12.7 Å². The molecular formula is C18H23FN2O. The topological polar surface area (TPSA) is 42.0 Å². The van der Waals surface area contributed by atoms with Gasteiger partial charge >= 0.3 is 0 Å². The van der Waals surface area contributed by atoms with E-state index in [1.807, 2.05) is 6.92 Å². The summed E-state index contributed by atoms with van der Waals surface area (Å²) >= 11 is 0. The number of hydrogen-bond donors (Lipinski definition) is 1. The first-order chi connectivity index (χ1) is 10.5. The normalized spacial score (nSPS) is 12.4. The van der Waals surface area contributed by atoms with E-state index in [9.17, 15) is 9.18 Å². The third-order valence-corrected chi connectivity index (χ3v) is 3.83. The Balaban J connectivity index is 2.14. The van der Waals surface area contributed by atoms with Gasteiger partial charge in [-0.25, -0.2) is 4.39 Å². The summed E-state index contributed by atoms with van der Waals surface area (Å²) in [7, 11) is 0. The SMILES string of the molecule is CCCCCC(C)NC(=O)c1cc2ccc(F)cc2nc1C. The first-order valence-electron chi connectivity index (χ1n) is 7.89. The Morgan fingerprint density at radius 1 is 1.32 bits per heavy atom. The second-order valence-corrected chi connectivity index (χ2v) is 5.83. The zero-order valence-electron chi connectivity index (χ0n) is 13.4. The van der Waals surface area contributed by atoms with Gasteiger partial charge in [-0.15, -0.1) is 0 Å². The van der Waals surface area contributed by atoms with Gasteiger partial charge in [-0.2, -0.15) is 0 Å². The molecule has 0 fully saturated rings. The highest BCUT2D eigenvalue weighted by atomic mass is 19.1. The van der Waals surface area contributed by atoms with Gasteiger partial charge in [0.25, 0.3) is 5.91 Å².